The van der Waals surface area contributed by atoms with Crippen LogP contribution in [0, 0.1) is 0 Å². The van der Waals surface area contributed by atoms with Crippen molar-refractivity contribution in [2.45, 2.75) is 37.2 Å². The minimum absolute atomic E-state index is 0.259. The van der Waals surface area contributed by atoms with Crippen molar-refractivity contribution in [2.75, 3.05) is 26.0 Å². The Hall–Kier alpha value is -1.11. The van der Waals surface area contributed by atoms with Crippen LogP contribution in [0.4, 0.5) is 5.69 Å². The number of rotatable bonds is 7. The summed E-state index contributed by atoms with van der Waals surface area (Å²) in [5.74, 6) is 0. The zero-order chi connectivity index (χ0) is 15.4. The molecule has 114 valence electrons. The molecule has 0 saturated heterocycles. The maximum absolute atomic E-state index is 11.9. The van der Waals surface area contributed by atoms with Crippen LogP contribution in [0.3, 0.4) is 0 Å². The molecule has 0 aliphatic carbocycles. The molecule has 0 aromatic heterocycles. The molecular formula is C14H24N2O3S. The van der Waals surface area contributed by atoms with E-state index in [0.29, 0.717) is 19.4 Å². The lowest BCUT2D eigenvalue weighted by Gasteiger charge is -2.26. The van der Waals surface area contributed by atoms with Gasteiger partial charge in [0.1, 0.15) is 0 Å². The summed E-state index contributed by atoms with van der Waals surface area (Å²) in [6.45, 7) is 4.33. The van der Waals surface area contributed by atoms with Crippen molar-refractivity contribution in [3.8, 4) is 0 Å². The quantitative estimate of drug-likeness (QED) is 0.807. The molecule has 2 N–H and O–H groups in total. The second-order valence-electron chi connectivity index (χ2n) is 5.10. The lowest BCUT2D eigenvalue weighted by Crippen LogP contribution is -2.35. The van der Waals surface area contributed by atoms with Gasteiger partial charge in [-0.15, -0.1) is 0 Å². The Balaban J connectivity index is 2.78. The monoisotopic (exact) mass is 300 g/mol. The fourth-order valence-electron chi connectivity index (χ4n) is 1.72. The first-order valence-electron chi connectivity index (χ1n) is 6.74. The maximum Gasteiger partial charge on any atom is 0.242 e. The Morgan fingerprint density at radius 1 is 1.15 bits per heavy atom. The molecule has 0 aliphatic heterocycles. The molecule has 0 amide bonds. The summed E-state index contributed by atoms with van der Waals surface area (Å²) in [4.78, 5) is 0.259. The number of anilines is 1. The molecule has 0 heterocycles. The third kappa shape index (κ3) is 3.94. The largest absolute Gasteiger partial charge is 0.388 e. The summed E-state index contributed by atoms with van der Waals surface area (Å²) in [7, 11) is -0.382. The summed E-state index contributed by atoms with van der Waals surface area (Å²) in [6.07, 6.45) is 1.34. The Kier molecular flexibility index (Phi) is 5.56. The van der Waals surface area contributed by atoms with Gasteiger partial charge in [-0.25, -0.2) is 12.7 Å². The summed E-state index contributed by atoms with van der Waals surface area (Å²) in [5, 5.41) is 13.3. The van der Waals surface area contributed by atoms with E-state index < -0.39 is 15.6 Å². The third-order valence-electron chi connectivity index (χ3n) is 3.57. The fourth-order valence-corrected chi connectivity index (χ4v) is 2.62. The molecule has 0 atom stereocenters. The molecule has 0 fully saturated rings. The van der Waals surface area contributed by atoms with Crippen LogP contribution in [-0.4, -0.2) is 44.1 Å². The zero-order valence-electron chi connectivity index (χ0n) is 12.5. The van der Waals surface area contributed by atoms with Crippen LogP contribution in [0.15, 0.2) is 29.2 Å². The summed E-state index contributed by atoms with van der Waals surface area (Å²) < 4.78 is 25.0. The van der Waals surface area contributed by atoms with E-state index >= 15 is 0 Å². The highest BCUT2D eigenvalue weighted by atomic mass is 32.2. The average Bonchev–Trinajstić information content (AvgIpc) is 2.45. The number of nitrogens with zero attached hydrogens (tertiary/aromatic N) is 1. The van der Waals surface area contributed by atoms with E-state index in [9.17, 15) is 13.5 Å². The first-order chi connectivity index (χ1) is 9.25. The summed E-state index contributed by atoms with van der Waals surface area (Å²) in [6, 6.07) is 6.55. The van der Waals surface area contributed by atoms with E-state index in [0.717, 1.165) is 5.69 Å². The molecule has 1 rings (SSSR count). The Morgan fingerprint density at radius 2 is 1.65 bits per heavy atom. The molecule has 1 aromatic carbocycles. The second-order valence-corrected chi connectivity index (χ2v) is 7.25. The van der Waals surface area contributed by atoms with Crippen LogP contribution in [-0.2, 0) is 10.0 Å². The van der Waals surface area contributed by atoms with Crippen molar-refractivity contribution in [1.82, 2.24) is 4.31 Å². The molecule has 5 nitrogen and oxygen atoms in total. The highest BCUT2D eigenvalue weighted by Crippen LogP contribution is 2.19. The van der Waals surface area contributed by atoms with Gasteiger partial charge in [0.25, 0.3) is 0 Å². The fraction of sp³-hybridized carbons (Fsp3) is 0.571. The van der Waals surface area contributed by atoms with Crippen molar-refractivity contribution < 1.29 is 13.5 Å². The highest BCUT2D eigenvalue weighted by molar-refractivity contribution is 7.89. The van der Waals surface area contributed by atoms with Gasteiger partial charge in [0.05, 0.1) is 10.5 Å². The van der Waals surface area contributed by atoms with Crippen LogP contribution >= 0.6 is 0 Å². The topological polar surface area (TPSA) is 69.6 Å². The van der Waals surface area contributed by atoms with Gasteiger partial charge < -0.3 is 10.4 Å². The summed E-state index contributed by atoms with van der Waals surface area (Å²) >= 11 is 0. The minimum Gasteiger partial charge on any atom is -0.388 e. The third-order valence-corrected chi connectivity index (χ3v) is 5.40. The number of aliphatic hydroxyl groups is 1. The standard InChI is InChI=1S/C14H24N2O3S/c1-5-14(17,6-2)11-15-12-7-9-13(10-8-12)20(18,19)16(3)4/h7-10,15,17H,5-6,11H2,1-4H3. The van der Waals surface area contributed by atoms with Gasteiger partial charge in [-0.1, -0.05) is 13.8 Å². The number of nitrogens with one attached hydrogen (secondary N) is 1. The van der Waals surface area contributed by atoms with Gasteiger partial charge >= 0.3 is 0 Å². The first-order valence-corrected chi connectivity index (χ1v) is 8.18. The van der Waals surface area contributed by atoms with Crippen LogP contribution in [0.1, 0.15) is 26.7 Å². The Labute approximate surface area is 121 Å². The van der Waals surface area contributed by atoms with Crippen molar-refractivity contribution >= 4 is 15.7 Å². The molecule has 0 saturated carbocycles. The highest BCUT2D eigenvalue weighted by Gasteiger charge is 2.22. The van der Waals surface area contributed by atoms with Gasteiger partial charge in [-0.2, -0.15) is 0 Å². The van der Waals surface area contributed by atoms with Gasteiger partial charge in [-0.3, -0.25) is 0 Å². The van der Waals surface area contributed by atoms with Gasteiger partial charge in [-0.05, 0) is 37.1 Å². The smallest absolute Gasteiger partial charge is 0.242 e. The zero-order valence-corrected chi connectivity index (χ0v) is 13.4. The summed E-state index contributed by atoms with van der Waals surface area (Å²) in [5.41, 5.74) is 0.0667. The lowest BCUT2D eigenvalue weighted by atomic mass is 9.97. The van der Waals surface area contributed by atoms with Crippen molar-refractivity contribution in [3.63, 3.8) is 0 Å². The van der Waals surface area contributed by atoms with Crippen LogP contribution in [0.2, 0.25) is 0 Å². The van der Waals surface area contributed by atoms with Crippen LogP contribution in [0.25, 0.3) is 0 Å². The Bertz CT molecular complexity index is 520. The molecule has 20 heavy (non-hydrogen) atoms. The predicted molar refractivity (Wildman–Crippen MR) is 81.3 cm³/mol. The number of benzene rings is 1. The Morgan fingerprint density at radius 3 is 2.05 bits per heavy atom. The van der Waals surface area contributed by atoms with Gasteiger partial charge in [0.15, 0.2) is 0 Å². The average molecular weight is 300 g/mol. The van der Waals surface area contributed by atoms with E-state index in [1.54, 1.807) is 24.3 Å². The normalized spacial score (nSPS) is 12.7. The van der Waals surface area contributed by atoms with Crippen LogP contribution in [0.5, 0.6) is 0 Å². The second kappa shape index (κ2) is 6.56. The van der Waals surface area contributed by atoms with E-state index in [2.05, 4.69) is 5.32 Å². The molecule has 0 aliphatic rings. The molecular weight excluding hydrogens is 276 g/mol. The molecule has 0 bridgehead atoms. The van der Waals surface area contributed by atoms with E-state index in [-0.39, 0.29) is 4.90 Å². The molecule has 6 heteroatoms. The minimum atomic E-state index is -3.39. The molecule has 0 spiro atoms. The van der Waals surface area contributed by atoms with E-state index in [1.165, 1.54) is 18.4 Å². The van der Waals surface area contributed by atoms with Gasteiger partial charge in [0, 0.05) is 26.3 Å². The molecule has 0 unspecified atom stereocenters. The number of sulfonamides is 1. The first kappa shape index (κ1) is 16.9. The van der Waals surface area contributed by atoms with Crippen molar-refractivity contribution in [1.29, 1.82) is 0 Å². The van der Waals surface area contributed by atoms with E-state index in [1.807, 2.05) is 13.8 Å². The lowest BCUT2D eigenvalue weighted by molar-refractivity contribution is 0.0457. The number of hydrogen-bond donors (Lipinski definition) is 2. The predicted octanol–water partition coefficient (Wildman–Crippen LogP) is 1.90. The van der Waals surface area contributed by atoms with Crippen molar-refractivity contribution in [3.05, 3.63) is 24.3 Å². The SMILES string of the molecule is CCC(O)(CC)CNc1ccc(S(=O)(=O)N(C)C)cc1. The number of hydrogen-bond acceptors (Lipinski definition) is 4. The van der Waals surface area contributed by atoms with Crippen molar-refractivity contribution in [2.24, 2.45) is 0 Å². The maximum atomic E-state index is 11.9. The van der Waals surface area contributed by atoms with Crippen LogP contribution < -0.4 is 5.32 Å². The molecule has 1 aromatic rings. The van der Waals surface area contributed by atoms with Gasteiger partial charge in [0.2, 0.25) is 10.0 Å². The molecule has 0 radical (unpaired) electrons. The van der Waals surface area contributed by atoms with E-state index in [4.69, 9.17) is 0 Å².